The molecule has 0 heterocycles. The van der Waals surface area contributed by atoms with Crippen molar-refractivity contribution in [3.8, 4) is 5.75 Å². The lowest BCUT2D eigenvalue weighted by Gasteiger charge is -2.09. The van der Waals surface area contributed by atoms with Crippen LogP contribution in [0.1, 0.15) is 5.56 Å². The maximum atomic E-state index is 13.3. The molecule has 1 atom stereocenters. The second kappa shape index (κ2) is 6.42. The van der Waals surface area contributed by atoms with Crippen LogP contribution >= 0.6 is 0 Å². The highest BCUT2D eigenvalue weighted by atomic mass is 19.1. The summed E-state index contributed by atoms with van der Waals surface area (Å²) in [6, 6.07) is 4.58. The van der Waals surface area contributed by atoms with Crippen LogP contribution in [0, 0.1) is 5.82 Å². The maximum absolute atomic E-state index is 13.3. The molecule has 1 aromatic carbocycles. The number of ether oxygens (including phenoxy) is 2. The van der Waals surface area contributed by atoms with Gasteiger partial charge >= 0.3 is 0 Å². The Morgan fingerprint density at radius 3 is 2.81 bits per heavy atom. The lowest BCUT2D eigenvalue weighted by molar-refractivity contribution is 0.0328. The van der Waals surface area contributed by atoms with Crippen LogP contribution in [-0.4, -0.2) is 31.5 Å². The van der Waals surface area contributed by atoms with Crippen LogP contribution in [0.2, 0.25) is 0 Å². The molecule has 1 rings (SSSR count). The number of aliphatic hydroxyl groups excluding tert-OH is 1. The molecule has 0 spiro atoms. The van der Waals surface area contributed by atoms with Gasteiger partial charge in [-0.25, -0.2) is 4.39 Å². The zero-order chi connectivity index (χ0) is 12.0. The van der Waals surface area contributed by atoms with Gasteiger partial charge in [-0.2, -0.15) is 0 Å². The molecule has 0 aliphatic carbocycles. The molecule has 0 aromatic heterocycles. The molecule has 0 saturated heterocycles. The van der Waals surface area contributed by atoms with Crippen LogP contribution in [0.5, 0.6) is 5.75 Å². The smallest absolute Gasteiger partial charge is 0.165 e. The number of benzene rings is 1. The minimum Gasteiger partial charge on any atom is -0.494 e. The van der Waals surface area contributed by atoms with Gasteiger partial charge in [-0.15, -0.1) is 0 Å². The van der Waals surface area contributed by atoms with Crippen molar-refractivity contribution in [1.82, 2.24) is 0 Å². The third kappa shape index (κ3) is 3.77. The van der Waals surface area contributed by atoms with Gasteiger partial charge in [0.05, 0.1) is 26.4 Å². The van der Waals surface area contributed by atoms with Crippen molar-refractivity contribution in [2.75, 3.05) is 20.3 Å². The van der Waals surface area contributed by atoms with Crippen molar-refractivity contribution in [2.24, 2.45) is 5.73 Å². The van der Waals surface area contributed by atoms with E-state index in [1.165, 1.54) is 19.2 Å². The van der Waals surface area contributed by atoms with E-state index >= 15 is 0 Å². The van der Waals surface area contributed by atoms with Crippen LogP contribution in [0.25, 0.3) is 0 Å². The molecule has 0 bridgehead atoms. The second-order valence-corrected chi connectivity index (χ2v) is 3.37. The van der Waals surface area contributed by atoms with Gasteiger partial charge in [-0.3, -0.25) is 0 Å². The third-order valence-electron chi connectivity index (χ3n) is 2.07. The van der Waals surface area contributed by atoms with Gasteiger partial charge in [-0.1, -0.05) is 6.07 Å². The average molecular weight is 229 g/mol. The SMILES string of the molecule is COc1ccc(COC[C@@H](O)CN)cc1F. The third-order valence-corrected chi connectivity index (χ3v) is 2.07. The zero-order valence-corrected chi connectivity index (χ0v) is 9.15. The fourth-order valence-corrected chi connectivity index (χ4v) is 1.18. The Balaban J connectivity index is 2.46. The standard InChI is InChI=1S/C11H16FNO3/c1-15-11-3-2-8(4-10(11)12)6-16-7-9(14)5-13/h2-4,9,14H,5-7,13H2,1H3/t9-/m0/s1. The highest BCUT2D eigenvalue weighted by Crippen LogP contribution is 2.17. The lowest BCUT2D eigenvalue weighted by atomic mass is 10.2. The highest BCUT2D eigenvalue weighted by Gasteiger charge is 2.05. The van der Waals surface area contributed by atoms with Crippen LogP contribution in [-0.2, 0) is 11.3 Å². The Bertz CT molecular complexity index is 333. The van der Waals surface area contributed by atoms with Gasteiger partial charge in [0.15, 0.2) is 11.6 Å². The Kier molecular flexibility index (Phi) is 5.18. The Morgan fingerprint density at radius 1 is 1.50 bits per heavy atom. The highest BCUT2D eigenvalue weighted by molar-refractivity contribution is 5.28. The normalized spacial score (nSPS) is 12.5. The number of nitrogens with two attached hydrogens (primary N) is 1. The molecule has 16 heavy (non-hydrogen) atoms. The topological polar surface area (TPSA) is 64.7 Å². The molecule has 3 N–H and O–H groups in total. The van der Waals surface area contributed by atoms with Crippen LogP contribution in [0.15, 0.2) is 18.2 Å². The number of rotatable bonds is 6. The number of methoxy groups -OCH3 is 1. The Morgan fingerprint density at radius 2 is 2.25 bits per heavy atom. The summed E-state index contributed by atoms with van der Waals surface area (Å²) >= 11 is 0. The average Bonchev–Trinajstić information content (AvgIpc) is 2.29. The summed E-state index contributed by atoms with van der Waals surface area (Å²) in [4.78, 5) is 0. The van der Waals surface area contributed by atoms with Crippen LogP contribution in [0.3, 0.4) is 0 Å². The molecule has 0 aliphatic rings. The fraction of sp³-hybridized carbons (Fsp3) is 0.455. The fourth-order valence-electron chi connectivity index (χ4n) is 1.18. The molecule has 0 saturated carbocycles. The Labute approximate surface area is 93.8 Å². The Hall–Kier alpha value is -1.17. The summed E-state index contributed by atoms with van der Waals surface area (Å²) < 4.78 is 23.2. The van der Waals surface area contributed by atoms with Crippen LogP contribution in [0.4, 0.5) is 4.39 Å². The maximum Gasteiger partial charge on any atom is 0.165 e. The van der Waals surface area contributed by atoms with E-state index < -0.39 is 11.9 Å². The second-order valence-electron chi connectivity index (χ2n) is 3.37. The van der Waals surface area contributed by atoms with Crippen molar-refractivity contribution in [2.45, 2.75) is 12.7 Å². The van der Waals surface area contributed by atoms with E-state index in [0.717, 1.165) is 0 Å². The molecule has 4 nitrogen and oxygen atoms in total. The van der Waals surface area contributed by atoms with Gasteiger partial charge in [0, 0.05) is 6.54 Å². The first-order valence-corrected chi connectivity index (χ1v) is 4.95. The molecular formula is C11H16FNO3. The summed E-state index contributed by atoms with van der Waals surface area (Å²) in [5.74, 6) is -0.228. The number of halogens is 1. The summed E-state index contributed by atoms with van der Waals surface area (Å²) in [7, 11) is 1.41. The summed E-state index contributed by atoms with van der Waals surface area (Å²) in [6.45, 7) is 0.527. The molecule has 90 valence electrons. The predicted molar refractivity (Wildman–Crippen MR) is 57.7 cm³/mol. The van der Waals surface area contributed by atoms with Crippen molar-refractivity contribution in [3.63, 3.8) is 0 Å². The first-order valence-electron chi connectivity index (χ1n) is 4.95. The first kappa shape index (κ1) is 12.9. The van der Waals surface area contributed by atoms with Crippen molar-refractivity contribution < 1.29 is 19.0 Å². The van der Waals surface area contributed by atoms with Gasteiger partial charge in [0.2, 0.25) is 0 Å². The predicted octanol–water partition coefficient (Wildman–Crippen LogP) is 0.671. The minimum atomic E-state index is -0.678. The number of hydrogen-bond donors (Lipinski definition) is 2. The van der Waals surface area contributed by atoms with Gasteiger partial charge in [0.1, 0.15) is 0 Å². The van der Waals surface area contributed by atoms with E-state index in [4.69, 9.17) is 20.3 Å². The number of aliphatic hydroxyl groups is 1. The van der Waals surface area contributed by atoms with Gasteiger partial charge in [-0.05, 0) is 17.7 Å². The van der Waals surface area contributed by atoms with E-state index in [-0.39, 0.29) is 25.5 Å². The molecule has 0 aliphatic heterocycles. The van der Waals surface area contributed by atoms with Crippen molar-refractivity contribution >= 4 is 0 Å². The monoisotopic (exact) mass is 229 g/mol. The molecular weight excluding hydrogens is 213 g/mol. The van der Waals surface area contributed by atoms with E-state index in [2.05, 4.69) is 0 Å². The molecule has 0 amide bonds. The van der Waals surface area contributed by atoms with Crippen molar-refractivity contribution in [3.05, 3.63) is 29.6 Å². The molecule has 0 fully saturated rings. The molecule has 1 aromatic rings. The lowest BCUT2D eigenvalue weighted by Crippen LogP contribution is -2.24. The van der Waals surface area contributed by atoms with E-state index in [9.17, 15) is 4.39 Å². The van der Waals surface area contributed by atoms with Crippen LogP contribution < -0.4 is 10.5 Å². The van der Waals surface area contributed by atoms with E-state index in [1.807, 2.05) is 0 Å². The largest absolute Gasteiger partial charge is 0.494 e. The zero-order valence-electron chi connectivity index (χ0n) is 9.15. The van der Waals surface area contributed by atoms with Gasteiger partial charge in [0.25, 0.3) is 0 Å². The summed E-state index contributed by atoms with van der Waals surface area (Å²) in [5.41, 5.74) is 5.89. The minimum absolute atomic E-state index is 0.143. The van der Waals surface area contributed by atoms with Gasteiger partial charge < -0.3 is 20.3 Å². The number of hydrogen-bond acceptors (Lipinski definition) is 4. The molecule has 0 unspecified atom stereocenters. The van der Waals surface area contributed by atoms with E-state index in [0.29, 0.717) is 5.56 Å². The van der Waals surface area contributed by atoms with Crippen molar-refractivity contribution in [1.29, 1.82) is 0 Å². The summed E-state index contributed by atoms with van der Waals surface area (Å²) in [5, 5.41) is 9.13. The molecule has 0 radical (unpaired) electrons. The van der Waals surface area contributed by atoms with E-state index in [1.54, 1.807) is 6.07 Å². The summed E-state index contributed by atoms with van der Waals surface area (Å²) in [6.07, 6.45) is -0.678. The first-order chi connectivity index (χ1) is 7.67. The quantitative estimate of drug-likeness (QED) is 0.752. The molecule has 5 heteroatoms.